The summed E-state index contributed by atoms with van der Waals surface area (Å²) in [6, 6.07) is 3.84. The average molecular weight is 379 g/mol. The number of carbonyl (C=O) groups is 1. The smallest absolute Gasteiger partial charge is 0.311 e. The van der Waals surface area contributed by atoms with Gasteiger partial charge in [-0.15, -0.1) is 0 Å². The van der Waals surface area contributed by atoms with Crippen LogP contribution in [-0.4, -0.2) is 25.3 Å². The van der Waals surface area contributed by atoms with Crippen molar-refractivity contribution < 1.29 is 19.0 Å². The van der Waals surface area contributed by atoms with Crippen molar-refractivity contribution in [2.75, 3.05) is 13.7 Å². The van der Waals surface area contributed by atoms with E-state index in [9.17, 15) is 4.79 Å². The van der Waals surface area contributed by atoms with Gasteiger partial charge in [-0.2, -0.15) is 0 Å². The van der Waals surface area contributed by atoms with E-state index in [4.69, 9.17) is 25.8 Å². The summed E-state index contributed by atoms with van der Waals surface area (Å²) in [6.07, 6.45) is 6.58. The van der Waals surface area contributed by atoms with E-state index in [2.05, 4.69) is 13.8 Å². The number of benzene rings is 1. The van der Waals surface area contributed by atoms with Gasteiger partial charge in [0, 0.05) is 28.5 Å². The van der Waals surface area contributed by atoms with Crippen LogP contribution in [0, 0.1) is 10.8 Å². The molecule has 0 spiro atoms. The fraction of sp³-hybridized carbons (Fsp3) is 0.667. The van der Waals surface area contributed by atoms with Gasteiger partial charge in [-0.3, -0.25) is 4.79 Å². The molecule has 1 aromatic carbocycles. The first kappa shape index (κ1) is 18.0. The van der Waals surface area contributed by atoms with Gasteiger partial charge < -0.3 is 14.2 Å². The lowest BCUT2D eigenvalue weighted by atomic mass is 9.54. The molecule has 1 aliphatic heterocycles. The van der Waals surface area contributed by atoms with Gasteiger partial charge in [-0.1, -0.05) is 11.6 Å². The number of hydrogen-bond donors (Lipinski definition) is 0. The molecule has 26 heavy (non-hydrogen) atoms. The number of methoxy groups -OCH3 is 1. The van der Waals surface area contributed by atoms with Gasteiger partial charge in [0.05, 0.1) is 19.1 Å². The zero-order valence-electron chi connectivity index (χ0n) is 15.8. The second-order valence-corrected chi connectivity index (χ2v) is 9.43. The fourth-order valence-corrected chi connectivity index (χ4v) is 5.21. The van der Waals surface area contributed by atoms with Gasteiger partial charge in [0.25, 0.3) is 0 Å². The van der Waals surface area contributed by atoms with Crippen molar-refractivity contribution >= 4 is 17.6 Å². The van der Waals surface area contributed by atoms with Crippen molar-refractivity contribution in [2.24, 2.45) is 10.8 Å². The Morgan fingerprint density at radius 1 is 1.15 bits per heavy atom. The molecule has 0 radical (unpaired) electrons. The Hall–Kier alpha value is -1.42. The molecule has 0 N–H and O–H groups in total. The van der Waals surface area contributed by atoms with E-state index in [0.29, 0.717) is 11.6 Å². The molecule has 5 heteroatoms. The van der Waals surface area contributed by atoms with Crippen LogP contribution in [0.2, 0.25) is 5.02 Å². The zero-order valence-corrected chi connectivity index (χ0v) is 16.6. The number of carbonyl (C=O) groups excluding carboxylic acids is 1. The van der Waals surface area contributed by atoms with E-state index < -0.39 is 0 Å². The Kier molecular flexibility index (Phi) is 4.18. The van der Waals surface area contributed by atoms with E-state index in [1.165, 1.54) is 7.11 Å². The van der Waals surface area contributed by atoms with Crippen LogP contribution in [0.4, 0.5) is 0 Å². The number of ether oxygens (including phenoxy) is 3. The standard InChI is InChI=1S/C21H27ClO4/c1-19(2)12-14-10-15(22)11-16(17(14)26-19)25-13-20-4-7-21(8-5-20,9-6-20)18(23)24-3/h10-11H,4-9,12-13H2,1-3H3. The maximum absolute atomic E-state index is 12.2. The molecule has 1 aromatic rings. The number of rotatable bonds is 4. The van der Waals surface area contributed by atoms with Crippen LogP contribution in [0.1, 0.15) is 57.9 Å². The van der Waals surface area contributed by atoms with E-state index >= 15 is 0 Å². The van der Waals surface area contributed by atoms with Crippen LogP contribution in [-0.2, 0) is 16.0 Å². The van der Waals surface area contributed by atoms with Gasteiger partial charge in [-0.25, -0.2) is 0 Å². The summed E-state index contributed by atoms with van der Waals surface area (Å²) in [5.41, 5.74) is 0.797. The summed E-state index contributed by atoms with van der Waals surface area (Å²) in [5, 5.41) is 0.689. The molecule has 0 amide bonds. The quantitative estimate of drug-likeness (QED) is 0.695. The van der Waals surface area contributed by atoms with Gasteiger partial charge in [-0.05, 0) is 58.4 Å². The minimum atomic E-state index is -0.249. The molecule has 2 bridgehead atoms. The average Bonchev–Trinajstić information content (AvgIpc) is 2.94. The van der Waals surface area contributed by atoms with Gasteiger partial charge in [0.2, 0.25) is 0 Å². The Bertz CT molecular complexity index is 715. The normalized spacial score (nSPS) is 31.2. The Morgan fingerprint density at radius 2 is 1.81 bits per heavy atom. The molecular weight excluding hydrogens is 352 g/mol. The molecule has 1 heterocycles. The molecule has 142 valence electrons. The van der Waals surface area contributed by atoms with Crippen LogP contribution in [0.5, 0.6) is 11.5 Å². The highest BCUT2D eigenvalue weighted by Crippen LogP contribution is 2.57. The lowest BCUT2D eigenvalue weighted by Crippen LogP contribution is -2.48. The summed E-state index contributed by atoms with van der Waals surface area (Å²) in [4.78, 5) is 12.2. The Labute approximate surface area is 160 Å². The number of halogens is 1. The lowest BCUT2D eigenvalue weighted by Gasteiger charge is -2.51. The first-order chi connectivity index (χ1) is 12.3. The monoisotopic (exact) mass is 378 g/mol. The Morgan fingerprint density at radius 3 is 2.42 bits per heavy atom. The van der Waals surface area contributed by atoms with Gasteiger partial charge in [0.15, 0.2) is 11.5 Å². The van der Waals surface area contributed by atoms with Gasteiger partial charge >= 0.3 is 5.97 Å². The molecule has 0 aromatic heterocycles. The third kappa shape index (κ3) is 2.96. The van der Waals surface area contributed by atoms with Crippen molar-refractivity contribution in [3.05, 3.63) is 22.7 Å². The SMILES string of the molecule is COC(=O)C12CCC(COc3cc(Cl)cc4c3OC(C)(C)C4)(CC1)CC2. The highest BCUT2D eigenvalue weighted by Gasteiger charge is 2.53. The van der Waals surface area contributed by atoms with E-state index in [0.717, 1.165) is 62.0 Å². The van der Waals surface area contributed by atoms with E-state index in [1.54, 1.807) is 0 Å². The molecule has 0 unspecified atom stereocenters. The summed E-state index contributed by atoms with van der Waals surface area (Å²) in [6.45, 7) is 4.82. The fourth-order valence-electron chi connectivity index (χ4n) is 4.98. The van der Waals surface area contributed by atoms with Crippen LogP contribution in [0.25, 0.3) is 0 Å². The number of hydrogen-bond acceptors (Lipinski definition) is 4. The third-order valence-corrected chi connectivity index (χ3v) is 6.86. The largest absolute Gasteiger partial charge is 0.489 e. The maximum atomic E-state index is 12.2. The van der Waals surface area contributed by atoms with Crippen LogP contribution in [0.3, 0.4) is 0 Å². The van der Waals surface area contributed by atoms with Crippen molar-refractivity contribution in [1.29, 1.82) is 0 Å². The molecule has 0 saturated heterocycles. The highest BCUT2D eigenvalue weighted by atomic mass is 35.5. The van der Waals surface area contributed by atoms with Crippen molar-refractivity contribution in [3.8, 4) is 11.5 Å². The highest BCUT2D eigenvalue weighted by molar-refractivity contribution is 6.30. The van der Waals surface area contributed by atoms with Crippen LogP contribution in [0.15, 0.2) is 12.1 Å². The predicted molar refractivity (Wildman–Crippen MR) is 99.9 cm³/mol. The molecule has 4 nitrogen and oxygen atoms in total. The summed E-state index contributed by atoms with van der Waals surface area (Å²) < 4.78 is 17.4. The van der Waals surface area contributed by atoms with Crippen LogP contribution < -0.4 is 9.47 Å². The third-order valence-electron chi connectivity index (χ3n) is 6.64. The van der Waals surface area contributed by atoms with Crippen molar-refractivity contribution in [3.63, 3.8) is 0 Å². The maximum Gasteiger partial charge on any atom is 0.311 e. The molecular formula is C21H27ClO4. The number of esters is 1. The summed E-state index contributed by atoms with van der Waals surface area (Å²) >= 11 is 6.30. The van der Waals surface area contributed by atoms with E-state index in [1.807, 2.05) is 12.1 Å². The summed E-state index contributed by atoms with van der Waals surface area (Å²) in [5.74, 6) is 1.56. The minimum Gasteiger partial charge on any atom is -0.489 e. The predicted octanol–water partition coefficient (Wildman–Crippen LogP) is 4.95. The first-order valence-electron chi connectivity index (χ1n) is 9.49. The zero-order chi connectivity index (χ0) is 18.6. The topological polar surface area (TPSA) is 44.8 Å². The van der Waals surface area contributed by atoms with Crippen molar-refractivity contribution in [1.82, 2.24) is 0 Å². The second kappa shape index (κ2) is 6.05. The molecule has 5 rings (SSSR count). The summed E-state index contributed by atoms with van der Waals surface area (Å²) in [7, 11) is 1.50. The molecule has 3 aliphatic carbocycles. The first-order valence-corrected chi connectivity index (χ1v) is 9.87. The minimum absolute atomic E-state index is 0.0324. The van der Waals surface area contributed by atoms with Gasteiger partial charge in [0.1, 0.15) is 5.60 Å². The molecule has 0 atom stereocenters. The molecule has 3 fully saturated rings. The van der Waals surface area contributed by atoms with Crippen LogP contribution >= 0.6 is 11.6 Å². The van der Waals surface area contributed by atoms with E-state index in [-0.39, 0.29) is 22.4 Å². The lowest BCUT2D eigenvalue weighted by molar-refractivity contribution is -0.163. The number of fused-ring (bicyclic) bond motifs is 4. The Balaban J connectivity index is 1.48. The molecule has 3 saturated carbocycles. The second-order valence-electron chi connectivity index (χ2n) is 8.99. The van der Waals surface area contributed by atoms with Crippen molar-refractivity contribution in [2.45, 2.75) is 64.4 Å². The molecule has 4 aliphatic rings.